The van der Waals surface area contributed by atoms with E-state index in [1.165, 1.54) is 6.07 Å². The Kier molecular flexibility index (Phi) is 4.88. The normalized spacial score (nSPS) is 10.2. The summed E-state index contributed by atoms with van der Waals surface area (Å²) < 4.78 is 5.59. The van der Waals surface area contributed by atoms with Crippen LogP contribution in [0.5, 0.6) is 5.75 Å². The first-order valence-corrected chi connectivity index (χ1v) is 6.79. The van der Waals surface area contributed by atoms with Gasteiger partial charge in [-0.15, -0.1) is 0 Å². The molecule has 1 N–H and O–H groups in total. The van der Waals surface area contributed by atoms with E-state index in [0.717, 1.165) is 5.56 Å². The van der Waals surface area contributed by atoms with Crippen molar-refractivity contribution in [2.24, 2.45) is 0 Å². The summed E-state index contributed by atoms with van der Waals surface area (Å²) in [6, 6.07) is 9.67. The zero-order chi connectivity index (χ0) is 15.4. The van der Waals surface area contributed by atoms with E-state index in [1.54, 1.807) is 37.4 Å². The van der Waals surface area contributed by atoms with Crippen molar-refractivity contribution in [3.8, 4) is 5.75 Å². The lowest BCUT2D eigenvalue weighted by Gasteiger charge is -2.09. The molecule has 0 spiro atoms. The van der Waals surface area contributed by atoms with Gasteiger partial charge in [-0.2, -0.15) is 0 Å². The van der Waals surface area contributed by atoms with Crippen molar-refractivity contribution in [3.63, 3.8) is 0 Å². The molecular formula is C14H12Cl2N2O3. The van der Waals surface area contributed by atoms with E-state index in [1.807, 2.05) is 0 Å². The predicted molar refractivity (Wildman–Crippen MR) is 83.4 cm³/mol. The van der Waals surface area contributed by atoms with Gasteiger partial charge in [0.15, 0.2) is 0 Å². The highest BCUT2D eigenvalue weighted by Crippen LogP contribution is 2.27. The second-order valence-electron chi connectivity index (χ2n) is 4.25. The number of nitro benzene ring substituents is 1. The van der Waals surface area contributed by atoms with Crippen molar-refractivity contribution in [3.05, 3.63) is 62.1 Å². The first-order chi connectivity index (χ1) is 9.99. The maximum atomic E-state index is 10.9. The second-order valence-corrected chi connectivity index (χ2v) is 5.13. The van der Waals surface area contributed by atoms with Gasteiger partial charge in [-0.25, -0.2) is 0 Å². The third-order valence-corrected chi connectivity index (χ3v) is 3.21. The highest BCUT2D eigenvalue weighted by molar-refractivity contribution is 6.34. The van der Waals surface area contributed by atoms with Crippen LogP contribution < -0.4 is 10.1 Å². The summed E-state index contributed by atoms with van der Waals surface area (Å²) in [4.78, 5) is 10.4. The number of nitro groups is 1. The molecule has 0 amide bonds. The molecule has 0 aliphatic rings. The minimum Gasteiger partial charge on any atom is -0.489 e. The quantitative estimate of drug-likeness (QED) is 0.648. The van der Waals surface area contributed by atoms with Gasteiger partial charge in [-0.3, -0.25) is 10.1 Å². The lowest BCUT2D eigenvalue weighted by molar-refractivity contribution is -0.384. The maximum absolute atomic E-state index is 10.9. The zero-order valence-corrected chi connectivity index (χ0v) is 12.6. The Morgan fingerprint density at radius 2 is 1.86 bits per heavy atom. The van der Waals surface area contributed by atoms with Crippen LogP contribution in [0, 0.1) is 10.1 Å². The minimum absolute atomic E-state index is 0.0204. The van der Waals surface area contributed by atoms with Crippen LogP contribution in [0.15, 0.2) is 36.4 Å². The molecule has 0 unspecified atom stereocenters. The fraction of sp³-hybridized carbons (Fsp3) is 0.143. The zero-order valence-electron chi connectivity index (χ0n) is 11.1. The number of hydrogen-bond acceptors (Lipinski definition) is 4. The van der Waals surface area contributed by atoms with Gasteiger partial charge in [-0.1, -0.05) is 23.2 Å². The van der Waals surface area contributed by atoms with Crippen molar-refractivity contribution < 1.29 is 9.66 Å². The molecule has 2 aromatic carbocycles. The van der Waals surface area contributed by atoms with E-state index in [4.69, 9.17) is 27.9 Å². The molecule has 2 aromatic rings. The molecule has 0 fully saturated rings. The van der Waals surface area contributed by atoms with Gasteiger partial charge in [0.25, 0.3) is 5.69 Å². The molecule has 0 radical (unpaired) electrons. The van der Waals surface area contributed by atoms with Gasteiger partial charge in [-0.05, 0) is 35.9 Å². The number of anilines is 1. The molecule has 0 aliphatic carbocycles. The van der Waals surface area contributed by atoms with E-state index in [0.29, 0.717) is 21.5 Å². The van der Waals surface area contributed by atoms with Gasteiger partial charge >= 0.3 is 0 Å². The van der Waals surface area contributed by atoms with E-state index in [9.17, 15) is 10.1 Å². The average molecular weight is 327 g/mol. The van der Waals surface area contributed by atoms with Crippen LogP contribution in [0.1, 0.15) is 5.56 Å². The third kappa shape index (κ3) is 4.00. The van der Waals surface area contributed by atoms with Crippen molar-refractivity contribution in [2.75, 3.05) is 12.4 Å². The number of rotatable bonds is 5. The van der Waals surface area contributed by atoms with Crippen LogP contribution in [0.4, 0.5) is 11.4 Å². The summed E-state index contributed by atoms with van der Waals surface area (Å²) >= 11 is 11.8. The van der Waals surface area contributed by atoms with Gasteiger partial charge < -0.3 is 10.1 Å². The molecule has 0 saturated heterocycles. The number of nitrogens with zero attached hydrogens (tertiary/aromatic N) is 1. The maximum Gasteiger partial charge on any atom is 0.292 e. The van der Waals surface area contributed by atoms with E-state index in [-0.39, 0.29) is 12.3 Å². The second kappa shape index (κ2) is 6.65. The summed E-state index contributed by atoms with van der Waals surface area (Å²) in [5.74, 6) is 0.539. The molecule has 21 heavy (non-hydrogen) atoms. The van der Waals surface area contributed by atoms with Crippen LogP contribution in [0.3, 0.4) is 0 Å². The summed E-state index contributed by atoms with van der Waals surface area (Å²) in [5.41, 5.74) is 1.25. The topological polar surface area (TPSA) is 64.4 Å². The number of benzene rings is 2. The largest absolute Gasteiger partial charge is 0.489 e. The SMILES string of the molecule is CNc1cc(COc2cc(Cl)cc(Cl)c2)ccc1[N+](=O)[O-]. The van der Waals surface area contributed by atoms with E-state index in [2.05, 4.69) is 5.32 Å². The molecule has 110 valence electrons. The molecule has 0 saturated carbocycles. The first-order valence-electron chi connectivity index (χ1n) is 6.03. The molecule has 0 bridgehead atoms. The van der Waals surface area contributed by atoms with Crippen LogP contribution in [-0.2, 0) is 6.61 Å². The van der Waals surface area contributed by atoms with E-state index >= 15 is 0 Å². The van der Waals surface area contributed by atoms with Crippen LogP contribution >= 0.6 is 23.2 Å². The van der Waals surface area contributed by atoms with E-state index < -0.39 is 4.92 Å². The summed E-state index contributed by atoms with van der Waals surface area (Å²) in [6.07, 6.45) is 0. The Hall–Kier alpha value is -1.98. The Labute approximate surface area is 131 Å². The summed E-state index contributed by atoms with van der Waals surface area (Å²) in [7, 11) is 1.63. The van der Waals surface area contributed by atoms with Crippen LogP contribution in [-0.4, -0.2) is 12.0 Å². The Balaban J connectivity index is 2.14. The number of halogens is 2. The van der Waals surface area contributed by atoms with Gasteiger partial charge in [0, 0.05) is 23.2 Å². The van der Waals surface area contributed by atoms with Crippen LogP contribution in [0.2, 0.25) is 10.0 Å². The molecule has 5 nitrogen and oxygen atoms in total. The fourth-order valence-electron chi connectivity index (χ4n) is 1.81. The Bertz CT molecular complexity index is 657. The molecule has 0 aliphatic heterocycles. The summed E-state index contributed by atoms with van der Waals surface area (Å²) in [6.45, 7) is 0.253. The molecular weight excluding hydrogens is 315 g/mol. The smallest absolute Gasteiger partial charge is 0.292 e. The highest BCUT2D eigenvalue weighted by atomic mass is 35.5. The Morgan fingerprint density at radius 1 is 1.19 bits per heavy atom. The molecule has 0 atom stereocenters. The predicted octanol–water partition coefficient (Wildman–Crippen LogP) is 4.52. The standard InChI is InChI=1S/C14H12Cl2N2O3/c1-17-13-4-9(2-3-14(13)18(19)20)8-21-12-6-10(15)5-11(16)7-12/h2-7,17H,8H2,1H3. The number of nitrogens with one attached hydrogen (secondary N) is 1. The lowest BCUT2D eigenvalue weighted by Crippen LogP contribution is -2.00. The van der Waals surface area contributed by atoms with Crippen LogP contribution in [0.25, 0.3) is 0 Å². The number of ether oxygens (including phenoxy) is 1. The van der Waals surface area contributed by atoms with Gasteiger partial charge in [0.05, 0.1) is 4.92 Å². The van der Waals surface area contributed by atoms with Crippen molar-refractivity contribution in [1.82, 2.24) is 0 Å². The molecule has 0 heterocycles. The van der Waals surface area contributed by atoms with Crippen molar-refractivity contribution in [2.45, 2.75) is 6.61 Å². The lowest BCUT2D eigenvalue weighted by atomic mass is 10.2. The van der Waals surface area contributed by atoms with Gasteiger partial charge in [0.2, 0.25) is 0 Å². The summed E-state index contributed by atoms with van der Waals surface area (Å²) in [5, 5.41) is 14.6. The Morgan fingerprint density at radius 3 is 2.43 bits per heavy atom. The minimum atomic E-state index is -0.437. The van der Waals surface area contributed by atoms with Crippen molar-refractivity contribution in [1.29, 1.82) is 0 Å². The monoisotopic (exact) mass is 326 g/mol. The highest BCUT2D eigenvalue weighted by Gasteiger charge is 2.13. The van der Waals surface area contributed by atoms with Crippen molar-refractivity contribution >= 4 is 34.6 Å². The molecule has 2 rings (SSSR count). The fourth-order valence-corrected chi connectivity index (χ4v) is 2.32. The number of hydrogen-bond donors (Lipinski definition) is 1. The third-order valence-electron chi connectivity index (χ3n) is 2.77. The first kappa shape index (κ1) is 15.4. The van der Waals surface area contributed by atoms with Gasteiger partial charge in [0.1, 0.15) is 18.0 Å². The molecule has 7 heteroatoms. The average Bonchev–Trinajstić information content (AvgIpc) is 2.43. The molecule has 0 aromatic heterocycles.